The third-order valence-electron chi connectivity index (χ3n) is 4.09. The minimum Gasteiger partial charge on any atom is -0.398 e. The molecule has 0 radical (unpaired) electrons. The fourth-order valence-corrected chi connectivity index (χ4v) is 2.58. The number of piperidine rings is 1. The summed E-state index contributed by atoms with van der Waals surface area (Å²) < 4.78 is 5.46. The maximum Gasteiger partial charge on any atom is 0.254 e. The monoisotopic (exact) mass is 262 g/mol. The molecule has 0 spiro atoms. The number of carbonyl (C=O) groups is 1. The van der Waals surface area contributed by atoms with Gasteiger partial charge >= 0.3 is 0 Å². The number of nitrogen functional groups attached to an aromatic ring is 1. The second kappa shape index (κ2) is 5.61. The number of rotatable bonds is 2. The Bertz CT molecular complexity index is 473. The summed E-state index contributed by atoms with van der Waals surface area (Å²) in [6.45, 7) is 5.50. The van der Waals surface area contributed by atoms with Crippen molar-refractivity contribution < 1.29 is 9.53 Å². The topological polar surface area (TPSA) is 55.6 Å². The predicted molar refractivity (Wildman–Crippen MR) is 76.1 cm³/mol. The molecule has 2 rings (SSSR count). The Balaban J connectivity index is 2.18. The van der Waals surface area contributed by atoms with Gasteiger partial charge in [-0.1, -0.05) is 13.0 Å². The molecule has 2 N–H and O–H groups in total. The first-order chi connectivity index (χ1) is 9.04. The number of ether oxygens (including phenoxy) is 1. The van der Waals surface area contributed by atoms with Crippen molar-refractivity contribution in [2.24, 2.45) is 5.92 Å². The van der Waals surface area contributed by atoms with Crippen LogP contribution in [-0.4, -0.2) is 37.1 Å². The maximum absolute atomic E-state index is 12.6. The second-order valence-corrected chi connectivity index (χ2v) is 5.31. The van der Waals surface area contributed by atoms with Gasteiger partial charge in [0.15, 0.2) is 0 Å². The summed E-state index contributed by atoms with van der Waals surface area (Å²) in [6, 6.07) is 5.49. The van der Waals surface area contributed by atoms with Crippen molar-refractivity contribution in [2.45, 2.75) is 26.4 Å². The summed E-state index contributed by atoms with van der Waals surface area (Å²) in [5.41, 5.74) is 8.09. The highest BCUT2D eigenvalue weighted by Crippen LogP contribution is 2.23. The Labute approximate surface area is 114 Å². The lowest BCUT2D eigenvalue weighted by molar-refractivity contribution is -0.00158. The molecule has 1 aromatic rings. The summed E-state index contributed by atoms with van der Waals surface area (Å²) in [6.07, 6.45) is 1.10. The van der Waals surface area contributed by atoms with Gasteiger partial charge in [-0.05, 0) is 37.0 Å². The summed E-state index contributed by atoms with van der Waals surface area (Å²) in [5, 5.41) is 0. The normalized spacial score (nSPS) is 23.4. The van der Waals surface area contributed by atoms with Crippen molar-refractivity contribution in [3.63, 3.8) is 0 Å². The molecule has 1 heterocycles. The van der Waals surface area contributed by atoms with Gasteiger partial charge in [0.2, 0.25) is 0 Å². The molecule has 4 nitrogen and oxygen atoms in total. The number of nitrogens with two attached hydrogens (primary N) is 1. The molecule has 19 heavy (non-hydrogen) atoms. The summed E-state index contributed by atoms with van der Waals surface area (Å²) in [4.78, 5) is 14.4. The number of benzene rings is 1. The van der Waals surface area contributed by atoms with E-state index in [2.05, 4.69) is 6.92 Å². The lowest BCUT2D eigenvalue weighted by atomic mass is 9.95. The standard InChI is InChI=1S/C15H22N2O2/c1-10-7-8-17(9-14(10)19-3)15(18)12-5-4-6-13(16)11(12)2/h4-6,10,14H,7-9,16H2,1-3H3. The number of anilines is 1. The molecule has 1 aliphatic rings. The first-order valence-corrected chi connectivity index (χ1v) is 6.71. The van der Waals surface area contributed by atoms with Crippen molar-refractivity contribution in [2.75, 3.05) is 25.9 Å². The molecule has 104 valence electrons. The van der Waals surface area contributed by atoms with Gasteiger partial charge in [-0.25, -0.2) is 0 Å². The van der Waals surface area contributed by atoms with Crippen molar-refractivity contribution >= 4 is 11.6 Å². The van der Waals surface area contributed by atoms with Gasteiger partial charge in [0.25, 0.3) is 5.91 Å². The Morgan fingerprint density at radius 1 is 1.47 bits per heavy atom. The van der Waals surface area contributed by atoms with Gasteiger partial charge < -0.3 is 15.4 Å². The molecule has 2 atom stereocenters. The highest BCUT2D eigenvalue weighted by Gasteiger charge is 2.29. The molecule has 4 heteroatoms. The van der Waals surface area contributed by atoms with Crippen molar-refractivity contribution in [1.82, 2.24) is 4.90 Å². The molecule has 1 saturated heterocycles. The molecule has 1 fully saturated rings. The van der Waals surface area contributed by atoms with Crippen LogP contribution in [-0.2, 0) is 4.74 Å². The number of nitrogens with zero attached hydrogens (tertiary/aromatic N) is 1. The van der Waals surface area contributed by atoms with Crippen molar-refractivity contribution in [3.8, 4) is 0 Å². The van der Waals surface area contributed by atoms with Crippen LogP contribution in [0.1, 0.15) is 29.3 Å². The van der Waals surface area contributed by atoms with Crippen LogP contribution in [0.2, 0.25) is 0 Å². The third kappa shape index (κ3) is 2.73. The minimum absolute atomic E-state index is 0.0544. The molecule has 1 aromatic carbocycles. The minimum atomic E-state index is 0.0544. The molecule has 0 aliphatic carbocycles. The van der Waals surface area contributed by atoms with Crippen LogP contribution in [0.4, 0.5) is 5.69 Å². The number of likely N-dealkylation sites (tertiary alicyclic amines) is 1. The first-order valence-electron chi connectivity index (χ1n) is 6.71. The number of carbonyl (C=O) groups excluding carboxylic acids is 1. The van der Waals surface area contributed by atoms with Crippen LogP contribution >= 0.6 is 0 Å². The molecule has 0 saturated carbocycles. The van der Waals surface area contributed by atoms with Crippen LogP contribution in [0.25, 0.3) is 0 Å². The largest absolute Gasteiger partial charge is 0.398 e. The summed E-state index contributed by atoms with van der Waals surface area (Å²) in [5.74, 6) is 0.551. The quantitative estimate of drug-likeness (QED) is 0.830. The van der Waals surface area contributed by atoms with Crippen LogP contribution in [0.3, 0.4) is 0 Å². The second-order valence-electron chi connectivity index (χ2n) is 5.31. The van der Waals surface area contributed by atoms with Gasteiger partial charge in [-0.2, -0.15) is 0 Å². The van der Waals surface area contributed by atoms with Gasteiger partial charge in [0.05, 0.1) is 6.10 Å². The Morgan fingerprint density at radius 2 is 2.21 bits per heavy atom. The van der Waals surface area contributed by atoms with Crippen molar-refractivity contribution in [1.29, 1.82) is 0 Å². The number of amides is 1. The maximum atomic E-state index is 12.6. The van der Waals surface area contributed by atoms with Gasteiger partial charge in [0.1, 0.15) is 0 Å². The van der Waals surface area contributed by atoms with E-state index in [0.29, 0.717) is 23.7 Å². The van der Waals surface area contributed by atoms with Gasteiger partial charge in [-0.15, -0.1) is 0 Å². The lowest BCUT2D eigenvalue weighted by Crippen LogP contribution is -2.46. The Kier molecular flexibility index (Phi) is 4.10. The number of hydrogen-bond acceptors (Lipinski definition) is 3. The first kappa shape index (κ1) is 13.9. The summed E-state index contributed by atoms with van der Waals surface area (Å²) >= 11 is 0. The van der Waals surface area contributed by atoms with E-state index in [1.807, 2.05) is 30.0 Å². The molecule has 1 amide bonds. The fraction of sp³-hybridized carbons (Fsp3) is 0.533. The van der Waals surface area contributed by atoms with Crippen LogP contribution in [0.15, 0.2) is 18.2 Å². The highest BCUT2D eigenvalue weighted by atomic mass is 16.5. The van der Waals surface area contributed by atoms with Crippen molar-refractivity contribution in [3.05, 3.63) is 29.3 Å². The van der Waals surface area contributed by atoms with E-state index < -0.39 is 0 Å². The lowest BCUT2D eigenvalue weighted by Gasteiger charge is -2.36. The molecular weight excluding hydrogens is 240 g/mol. The summed E-state index contributed by atoms with van der Waals surface area (Å²) in [7, 11) is 1.71. The Hall–Kier alpha value is -1.55. The molecule has 2 unspecified atom stereocenters. The molecule has 1 aliphatic heterocycles. The van der Waals surface area contributed by atoms with E-state index in [9.17, 15) is 4.79 Å². The smallest absolute Gasteiger partial charge is 0.254 e. The van der Waals surface area contributed by atoms with E-state index in [0.717, 1.165) is 18.5 Å². The molecule has 0 bridgehead atoms. The molecular formula is C15H22N2O2. The number of hydrogen-bond donors (Lipinski definition) is 1. The third-order valence-corrected chi connectivity index (χ3v) is 4.09. The van der Waals surface area contributed by atoms with Crippen LogP contribution in [0, 0.1) is 12.8 Å². The zero-order valence-corrected chi connectivity index (χ0v) is 11.8. The van der Waals surface area contributed by atoms with E-state index in [1.54, 1.807) is 7.11 Å². The Morgan fingerprint density at radius 3 is 2.89 bits per heavy atom. The average molecular weight is 262 g/mol. The van der Waals surface area contributed by atoms with Gasteiger partial charge in [0, 0.05) is 31.5 Å². The van der Waals surface area contributed by atoms with E-state index >= 15 is 0 Å². The molecule has 0 aromatic heterocycles. The van der Waals surface area contributed by atoms with Crippen LogP contribution in [0.5, 0.6) is 0 Å². The highest BCUT2D eigenvalue weighted by molar-refractivity contribution is 5.97. The van der Waals surface area contributed by atoms with E-state index in [4.69, 9.17) is 10.5 Å². The average Bonchev–Trinajstić information content (AvgIpc) is 2.41. The van der Waals surface area contributed by atoms with E-state index in [1.165, 1.54) is 0 Å². The SMILES string of the molecule is COC1CN(C(=O)c2cccc(N)c2C)CCC1C. The number of methoxy groups -OCH3 is 1. The predicted octanol–water partition coefficient (Wildman–Crippen LogP) is 2.07. The van der Waals surface area contributed by atoms with Crippen LogP contribution < -0.4 is 5.73 Å². The van der Waals surface area contributed by atoms with E-state index in [-0.39, 0.29) is 12.0 Å². The zero-order chi connectivity index (χ0) is 14.0. The van der Waals surface area contributed by atoms with Gasteiger partial charge in [-0.3, -0.25) is 4.79 Å². The zero-order valence-electron chi connectivity index (χ0n) is 11.8. The fourth-order valence-electron chi connectivity index (χ4n) is 2.58.